The van der Waals surface area contributed by atoms with Crippen molar-refractivity contribution in [2.24, 2.45) is 0 Å². The van der Waals surface area contributed by atoms with Crippen LogP contribution in [0.3, 0.4) is 0 Å². The van der Waals surface area contributed by atoms with E-state index in [1.165, 1.54) is 0 Å². The molecule has 0 heterocycles. The number of hydrogen-bond donors (Lipinski definition) is 1. The highest BCUT2D eigenvalue weighted by atomic mass is 31.2. The van der Waals surface area contributed by atoms with Gasteiger partial charge >= 0.3 is 5.97 Å². The zero-order valence-corrected chi connectivity index (χ0v) is 8.69. The predicted octanol–water partition coefficient (Wildman–Crippen LogP) is 0.719. The number of ether oxygens (including phenoxy) is 1. The molecule has 0 fully saturated rings. The van der Waals surface area contributed by atoms with Crippen molar-refractivity contribution in [2.45, 2.75) is 6.92 Å². The topological polar surface area (TPSA) is 55.4 Å². The van der Waals surface area contributed by atoms with E-state index in [-0.39, 0.29) is 12.5 Å². The van der Waals surface area contributed by atoms with Crippen molar-refractivity contribution < 1.29 is 14.1 Å². The number of esters is 1. The fourth-order valence-electron chi connectivity index (χ4n) is 0.639. The standard InChI is InChI=1S/C7H16NO3P/c1-4-11-7(9)5-8-6-12(2,3)10/h8H,4-6H2,1-3H3. The van der Waals surface area contributed by atoms with Gasteiger partial charge in [0, 0.05) is 6.29 Å². The molecule has 0 radical (unpaired) electrons. The number of rotatable bonds is 5. The molecule has 0 saturated carbocycles. The van der Waals surface area contributed by atoms with Crippen LogP contribution in [0.2, 0.25) is 0 Å². The zero-order valence-electron chi connectivity index (χ0n) is 7.79. The molecule has 5 heteroatoms. The first-order valence-corrected chi connectivity index (χ1v) is 6.64. The highest BCUT2D eigenvalue weighted by molar-refractivity contribution is 7.62. The van der Waals surface area contributed by atoms with Gasteiger partial charge in [-0.3, -0.25) is 4.79 Å². The van der Waals surface area contributed by atoms with Gasteiger partial charge in [0.1, 0.15) is 0 Å². The third-order valence-corrected chi connectivity index (χ3v) is 2.05. The first kappa shape index (κ1) is 11.7. The summed E-state index contributed by atoms with van der Waals surface area (Å²) in [5.74, 6) is -0.300. The average Bonchev–Trinajstić information content (AvgIpc) is 1.84. The Morgan fingerprint density at radius 2 is 2.08 bits per heavy atom. The Morgan fingerprint density at radius 1 is 1.50 bits per heavy atom. The molecule has 0 unspecified atom stereocenters. The van der Waals surface area contributed by atoms with E-state index < -0.39 is 7.14 Å². The lowest BCUT2D eigenvalue weighted by atomic mass is 10.6. The summed E-state index contributed by atoms with van der Waals surface area (Å²) in [4.78, 5) is 10.8. The lowest BCUT2D eigenvalue weighted by Crippen LogP contribution is -2.25. The molecule has 12 heavy (non-hydrogen) atoms. The van der Waals surface area contributed by atoms with Crippen LogP contribution < -0.4 is 5.32 Å². The SMILES string of the molecule is CCOC(=O)CNCP(C)(C)=O. The fraction of sp³-hybridized carbons (Fsp3) is 0.857. The molecule has 1 N–H and O–H groups in total. The maximum Gasteiger partial charge on any atom is 0.319 e. The summed E-state index contributed by atoms with van der Waals surface area (Å²) in [6.45, 7) is 5.62. The molecule has 0 aliphatic heterocycles. The fourth-order valence-corrected chi connectivity index (χ4v) is 1.29. The Kier molecular flexibility index (Phi) is 5.18. The minimum atomic E-state index is -2.06. The second-order valence-corrected chi connectivity index (χ2v) is 6.43. The van der Waals surface area contributed by atoms with Crippen LogP contribution in [0, 0.1) is 0 Å². The van der Waals surface area contributed by atoms with Gasteiger partial charge in [-0.25, -0.2) is 0 Å². The van der Waals surface area contributed by atoms with Crippen molar-refractivity contribution in [3.8, 4) is 0 Å². The monoisotopic (exact) mass is 193 g/mol. The highest BCUT2D eigenvalue weighted by Crippen LogP contribution is 2.33. The van der Waals surface area contributed by atoms with Gasteiger partial charge < -0.3 is 14.6 Å². The molecule has 4 nitrogen and oxygen atoms in total. The van der Waals surface area contributed by atoms with Gasteiger partial charge in [0.2, 0.25) is 0 Å². The largest absolute Gasteiger partial charge is 0.465 e. The molecule has 0 spiro atoms. The summed E-state index contributed by atoms with van der Waals surface area (Å²) in [6.07, 6.45) is 0.381. The minimum Gasteiger partial charge on any atom is -0.465 e. The molecule has 0 rings (SSSR count). The molecule has 0 amide bonds. The maximum absolute atomic E-state index is 11.1. The van der Waals surface area contributed by atoms with Crippen LogP contribution in [0.4, 0.5) is 0 Å². The van der Waals surface area contributed by atoms with E-state index in [0.717, 1.165) is 0 Å². The van der Waals surface area contributed by atoms with Gasteiger partial charge in [-0.05, 0) is 20.3 Å². The zero-order chi connectivity index (χ0) is 9.61. The van der Waals surface area contributed by atoms with Gasteiger partial charge in [-0.1, -0.05) is 0 Å². The van der Waals surface area contributed by atoms with E-state index in [1.54, 1.807) is 20.3 Å². The molecule has 0 aromatic rings. The van der Waals surface area contributed by atoms with E-state index in [2.05, 4.69) is 10.1 Å². The summed E-state index contributed by atoms with van der Waals surface area (Å²) >= 11 is 0. The highest BCUT2D eigenvalue weighted by Gasteiger charge is 2.07. The molecule has 0 aromatic carbocycles. The van der Waals surface area contributed by atoms with Gasteiger partial charge in [0.25, 0.3) is 0 Å². The summed E-state index contributed by atoms with van der Waals surface area (Å²) in [5.41, 5.74) is 0. The molecule has 72 valence electrons. The van der Waals surface area contributed by atoms with E-state index >= 15 is 0 Å². The van der Waals surface area contributed by atoms with Crippen LogP contribution >= 0.6 is 7.14 Å². The van der Waals surface area contributed by atoms with Crippen LogP contribution in [0.1, 0.15) is 6.92 Å². The van der Waals surface area contributed by atoms with Crippen molar-refractivity contribution in [1.82, 2.24) is 5.32 Å². The third kappa shape index (κ3) is 7.76. The van der Waals surface area contributed by atoms with Crippen LogP contribution in [-0.2, 0) is 14.1 Å². The van der Waals surface area contributed by atoms with Crippen LogP contribution in [0.25, 0.3) is 0 Å². The van der Waals surface area contributed by atoms with Crippen LogP contribution in [-0.4, -0.2) is 38.7 Å². The average molecular weight is 193 g/mol. The van der Waals surface area contributed by atoms with Gasteiger partial charge in [0.15, 0.2) is 0 Å². The summed E-state index contributed by atoms with van der Waals surface area (Å²) < 4.78 is 15.8. The van der Waals surface area contributed by atoms with E-state index in [4.69, 9.17) is 0 Å². The van der Waals surface area contributed by atoms with Crippen LogP contribution in [0.15, 0.2) is 0 Å². The predicted molar refractivity (Wildman–Crippen MR) is 49.0 cm³/mol. The van der Waals surface area contributed by atoms with Gasteiger partial charge in [-0.2, -0.15) is 0 Å². The van der Waals surface area contributed by atoms with Crippen LogP contribution in [0.5, 0.6) is 0 Å². The molecule has 0 aliphatic carbocycles. The number of hydrogen-bond acceptors (Lipinski definition) is 4. The van der Waals surface area contributed by atoms with E-state index in [0.29, 0.717) is 12.9 Å². The molecule has 0 aliphatic rings. The van der Waals surface area contributed by atoms with Crippen molar-refractivity contribution >= 4 is 13.1 Å². The smallest absolute Gasteiger partial charge is 0.319 e. The lowest BCUT2D eigenvalue weighted by Gasteiger charge is -2.07. The summed E-state index contributed by atoms with van der Waals surface area (Å²) in [6, 6.07) is 0. The van der Waals surface area contributed by atoms with Gasteiger partial charge in [-0.15, -0.1) is 0 Å². The lowest BCUT2D eigenvalue weighted by molar-refractivity contribution is -0.141. The minimum absolute atomic E-state index is 0.138. The Morgan fingerprint density at radius 3 is 2.50 bits per heavy atom. The molecule has 0 bridgehead atoms. The molecule has 0 aromatic heterocycles. The second-order valence-electron chi connectivity index (χ2n) is 2.96. The van der Waals surface area contributed by atoms with Crippen molar-refractivity contribution in [3.63, 3.8) is 0 Å². The summed E-state index contributed by atoms with van der Waals surface area (Å²) in [5, 5.41) is 2.77. The molecular weight excluding hydrogens is 177 g/mol. The number of nitrogens with one attached hydrogen (secondary N) is 1. The Hall–Kier alpha value is -0.340. The number of carbonyl (C=O) groups is 1. The quantitative estimate of drug-likeness (QED) is 0.516. The van der Waals surface area contributed by atoms with E-state index in [9.17, 15) is 9.36 Å². The van der Waals surface area contributed by atoms with Crippen molar-refractivity contribution in [2.75, 3.05) is 32.8 Å². The molecule has 0 atom stereocenters. The Balaban J connectivity index is 3.44. The number of carbonyl (C=O) groups excluding carboxylic acids is 1. The molecule has 0 saturated heterocycles. The Bertz CT molecular complexity index is 187. The third-order valence-electron chi connectivity index (χ3n) is 1.07. The first-order valence-electron chi connectivity index (χ1n) is 3.86. The van der Waals surface area contributed by atoms with E-state index in [1.807, 2.05) is 0 Å². The second kappa shape index (κ2) is 5.33. The normalized spacial score (nSPS) is 11.2. The Labute approximate surface area is 73.0 Å². The van der Waals surface area contributed by atoms with Gasteiger partial charge in [0.05, 0.1) is 20.3 Å². The maximum atomic E-state index is 11.1. The molecular formula is C7H16NO3P. The van der Waals surface area contributed by atoms with Crippen molar-refractivity contribution in [1.29, 1.82) is 0 Å². The first-order chi connectivity index (χ1) is 5.45. The van der Waals surface area contributed by atoms with Crippen molar-refractivity contribution in [3.05, 3.63) is 0 Å². The summed E-state index contributed by atoms with van der Waals surface area (Å²) in [7, 11) is -2.06.